The highest BCUT2D eigenvalue weighted by molar-refractivity contribution is 6.39. The minimum absolute atomic E-state index is 0. The molecular weight excluding hydrogens is 270 g/mol. The second kappa shape index (κ2) is 6.97. The zero-order valence-corrected chi connectivity index (χ0v) is 11.0. The third-order valence-electron chi connectivity index (χ3n) is 1.92. The number of hydrogen-bond acceptors (Lipinski definition) is 2. The zero-order valence-electron chi connectivity index (χ0n) is 8.67. The van der Waals surface area contributed by atoms with Gasteiger partial charge in [-0.15, -0.1) is 12.4 Å². The molecule has 3 nitrogen and oxygen atoms in total. The number of hydrogen-bond donors (Lipinski definition) is 2. The van der Waals surface area contributed by atoms with Crippen LogP contribution in [0, 0.1) is 0 Å². The Hall–Kier alpha value is -0.480. The molecule has 1 atom stereocenters. The van der Waals surface area contributed by atoms with E-state index in [9.17, 15) is 4.79 Å². The van der Waals surface area contributed by atoms with Crippen molar-refractivity contribution in [2.24, 2.45) is 5.73 Å². The van der Waals surface area contributed by atoms with Crippen molar-refractivity contribution >= 4 is 41.5 Å². The first-order valence-corrected chi connectivity index (χ1v) is 5.26. The van der Waals surface area contributed by atoms with Crippen molar-refractivity contribution in [2.45, 2.75) is 13.0 Å². The Morgan fingerprint density at radius 1 is 1.44 bits per heavy atom. The van der Waals surface area contributed by atoms with Gasteiger partial charge in [-0.3, -0.25) is 4.79 Å². The van der Waals surface area contributed by atoms with Crippen LogP contribution in [-0.4, -0.2) is 18.5 Å². The molecule has 0 aliphatic rings. The Kier molecular flexibility index (Phi) is 6.76. The molecule has 1 rings (SSSR count). The molecule has 0 saturated carbocycles. The number of carbonyl (C=O) groups excluding carboxylic acids is 1. The number of amides is 1. The molecule has 0 bridgehead atoms. The van der Waals surface area contributed by atoms with Gasteiger partial charge in [0.05, 0.1) is 15.6 Å². The van der Waals surface area contributed by atoms with Crippen molar-refractivity contribution in [1.82, 2.24) is 5.32 Å². The molecule has 0 aromatic heterocycles. The van der Waals surface area contributed by atoms with E-state index < -0.39 is 0 Å². The van der Waals surface area contributed by atoms with E-state index in [1.807, 2.05) is 6.92 Å². The molecule has 0 spiro atoms. The summed E-state index contributed by atoms with van der Waals surface area (Å²) in [4.78, 5) is 11.7. The van der Waals surface area contributed by atoms with Gasteiger partial charge >= 0.3 is 0 Å². The fourth-order valence-electron chi connectivity index (χ4n) is 1.07. The minimum atomic E-state index is -0.302. The molecule has 90 valence electrons. The van der Waals surface area contributed by atoms with E-state index in [2.05, 4.69) is 5.32 Å². The summed E-state index contributed by atoms with van der Waals surface area (Å²) in [5.74, 6) is -0.302. The summed E-state index contributed by atoms with van der Waals surface area (Å²) in [5, 5.41) is 3.37. The van der Waals surface area contributed by atoms with Crippen LogP contribution in [0.15, 0.2) is 18.2 Å². The van der Waals surface area contributed by atoms with Crippen LogP contribution in [0.5, 0.6) is 0 Å². The number of nitrogens with two attached hydrogens (primary N) is 1. The number of rotatable bonds is 3. The van der Waals surface area contributed by atoms with Gasteiger partial charge in [0.15, 0.2) is 0 Å². The number of benzene rings is 1. The molecule has 0 aliphatic carbocycles. The highest BCUT2D eigenvalue weighted by Gasteiger charge is 2.15. The third kappa shape index (κ3) is 3.83. The normalized spacial score (nSPS) is 11.5. The van der Waals surface area contributed by atoms with Crippen molar-refractivity contribution in [3.63, 3.8) is 0 Å². The molecule has 1 aromatic rings. The van der Waals surface area contributed by atoms with Crippen LogP contribution in [0.3, 0.4) is 0 Å². The Bertz CT molecular complexity index is 351. The number of halogens is 3. The van der Waals surface area contributed by atoms with Crippen LogP contribution in [0.1, 0.15) is 17.3 Å². The smallest absolute Gasteiger partial charge is 0.254 e. The van der Waals surface area contributed by atoms with Crippen LogP contribution in [0.2, 0.25) is 10.0 Å². The van der Waals surface area contributed by atoms with Crippen molar-refractivity contribution in [2.75, 3.05) is 6.54 Å². The molecule has 0 heterocycles. The lowest BCUT2D eigenvalue weighted by atomic mass is 10.2. The van der Waals surface area contributed by atoms with E-state index >= 15 is 0 Å². The summed E-state index contributed by atoms with van der Waals surface area (Å²) in [6.45, 7) is 2.18. The fraction of sp³-hybridized carbons (Fsp3) is 0.300. The molecule has 0 fully saturated rings. The van der Waals surface area contributed by atoms with Crippen LogP contribution >= 0.6 is 35.6 Å². The van der Waals surface area contributed by atoms with Crippen LogP contribution < -0.4 is 11.1 Å². The monoisotopic (exact) mass is 282 g/mol. The molecule has 6 heteroatoms. The molecule has 0 radical (unpaired) electrons. The maximum Gasteiger partial charge on any atom is 0.254 e. The maximum atomic E-state index is 11.7. The summed E-state index contributed by atoms with van der Waals surface area (Å²) < 4.78 is 0. The lowest BCUT2D eigenvalue weighted by molar-refractivity contribution is 0.0941. The second-order valence-corrected chi connectivity index (χ2v) is 4.02. The summed E-state index contributed by atoms with van der Waals surface area (Å²) in [6, 6.07) is 4.82. The van der Waals surface area contributed by atoms with E-state index in [0.717, 1.165) is 0 Å². The number of carbonyl (C=O) groups is 1. The minimum Gasteiger partial charge on any atom is -0.348 e. The molecule has 16 heavy (non-hydrogen) atoms. The highest BCUT2D eigenvalue weighted by atomic mass is 35.5. The Morgan fingerprint density at radius 2 is 1.94 bits per heavy atom. The third-order valence-corrected chi connectivity index (χ3v) is 2.55. The average molecular weight is 284 g/mol. The fourth-order valence-corrected chi connectivity index (χ4v) is 1.64. The van der Waals surface area contributed by atoms with Crippen LogP contribution in [-0.2, 0) is 0 Å². The van der Waals surface area contributed by atoms with Crippen LogP contribution in [0.25, 0.3) is 0 Å². The first-order valence-electron chi connectivity index (χ1n) is 4.51. The van der Waals surface area contributed by atoms with Gasteiger partial charge in [-0.25, -0.2) is 0 Å². The first kappa shape index (κ1) is 15.5. The lowest BCUT2D eigenvalue weighted by Gasteiger charge is -2.12. The molecule has 0 unspecified atom stereocenters. The lowest BCUT2D eigenvalue weighted by Crippen LogP contribution is -2.38. The molecule has 1 aromatic carbocycles. The highest BCUT2D eigenvalue weighted by Crippen LogP contribution is 2.23. The molecular formula is C10H13Cl3N2O. The van der Waals surface area contributed by atoms with Gasteiger partial charge in [-0.2, -0.15) is 0 Å². The SMILES string of the molecule is C[C@H](CN)NC(=O)c1c(Cl)cccc1Cl.Cl. The largest absolute Gasteiger partial charge is 0.348 e. The van der Waals surface area contributed by atoms with E-state index in [1.54, 1.807) is 18.2 Å². The summed E-state index contributed by atoms with van der Waals surface area (Å²) in [5.41, 5.74) is 5.69. The maximum absolute atomic E-state index is 11.7. The molecule has 3 N–H and O–H groups in total. The standard InChI is InChI=1S/C10H12Cl2N2O.ClH/c1-6(5-13)14-10(15)9-7(11)3-2-4-8(9)12;/h2-4,6H,5,13H2,1H3,(H,14,15);1H/t6-;/m1./s1. The van der Waals surface area contributed by atoms with Crippen LogP contribution in [0.4, 0.5) is 0 Å². The molecule has 0 aliphatic heterocycles. The van der Waals surface area contributed by atoms with Crippen molar-refractivity contribution in [3.05, 3.63) is 33.8 Å². The van der Waals surface area contributed by atoms with Gasteiger partial charge in [0.2, 0.25) is 0 Å². The van der Waals surface area contributed by atoms with E-state index in [0.29, 0.717) is 22.2 Å². The van der Waals surface area contributed by atoms with Gasteiger partial charge in [0.25, 0.3) is 5.91 Å². The summed E-state index contributed by atoms with van der Waals surface area (Å²) in [6.07, 6.45) is 0. The van der Waals surface area contributed by atoms with Crippen molar-refractivity contribution < 1.29 is 4.79 Å². The Labute approximate surface area is 111 Å². The molecule has 0 saturated heterocycles. The van der Waals surface area contributed by atoms with Gasteiger partial charge in [-0.05, 0) is 19.1 Å². The van der Waals surface area contributed by atoms with Gasteiger partial charge in [-0.1, -0.05) is 29.3 Å². The average Bonchev–Trinajstić information content (AvgIpc) is 2.17. The topological polar surface area (TPSA) is 55.1 Å². The predicted octanol–water partition coefficient (Wildman–Crippen LogP) is 2.49. The number of nitrogens with one attached hydrogen (secondary N) is 1. The summed E-state index contributed by atoms with van der Waals surface area (Å²) in [7, 11) is 0. The Balaban J connectivity index is 0.00000225. The van der Waals surface area contributed by atoms with Gasteiger partial charge in [0, 0.05) is 12.6 Å². The van der Waals surface area contributed by atoms with E-state index in [-0.39, 0.29) is 24.4 Å². The Morgan fingerprint density at radius 3 is 2.38 bits per heavy atom. The van der Waals surface area contributed by atoms with E-state index in [4.69, 9.17) is 28.9 Å². The van der Waals surface area contributed by atoms with Crippen molar-refractivity contribution in [1.29, 1.82) is 0 Å². The molecule has 1 amide bonds. The first-order chi connectivity index (χ1) is 7.06. The summed E-state index contributed by atoms with van der Waals surface area (Å²) >= 11 is 11.7. The second-order valence-electron chi connectivity index (χ2n) is 3.21. The van der Waals surface area contributed by atoms with Crippen molar-refractivity contribution in [3.8, 4) is 0 Å². The van der Waals surface area contributed by atoms with Gasteiger partial charge in [0.1, 0.15) is 0 Å². The van der Waals surface area contributed by atoms with Gasteiger partial charge < -0.3 is 11.1 Å². The van der Waals surface area contributed by atoms with E-state index in [1.165, 1.54) is 0 Å². The predicted molar refractivity (Wildman–Crippen MR) is 69.7 cm³/mol. The zero-order chi connectivity index (χ0) is 11.4. The quantitative estimate of drug-likeness (QED) is 0.895.